The van der Waals surface area contributed by atoms with Crippen LogP contribution >= 0.6 is 0 Å². The Labute approximate surface area is 154 Å². The molecular weight excluding hydrogens is 324 g/mol. The molecule has 3 rings (SSSR count). The van der Waals surface area contributed by atoms with Gasteiger partial charge in [-0.25, -0.2) is 4.98 Å². The highest BCUT2D eigenvalue weighted by molar-refractivity contribution is 6.07. The summed E-state index contributed by atoms with van der Waals surface area (Å²) in [6.45, 7) is 4.15. The maximum absolute atomic E-state index is 12.9. The smallest absolute Gasteiger partial charge is 0.252 e. The summed E-state index contributed by atoms with van der Waals surface area (Å²) in [5.41, 5.74) is 3.20. The Balaban J connectivity index is 2.04. The predicted molar refractivity (Wildman–Crippen MR) is 106 cm³/mol. The molecule has 134 valence electrons. The molecule has 4 nitrogen and oxygen atoms in total. The average molecular weight is 348 g/mol. The Kier molecular flexibility index (Phi) is 5.52. The molecule has 1 heterocycles. The van der Waals surface area contributed by atoms with Gasteiger partial charge in [0.05, 0.1) is 23.9 Å². The van der Waals surface area contributed by atoms with Gasteiger partial charge in [0.2, 0.25) is 0 Å². The van der Waals surface area contributed by atoms with Gasteiger partial charge in [0, 0.05) is 17.0 Å². The summed E-state index contributed by atoms with van der Waals surface area (Å²) in [6, 6.07) is 17.5. The van der Waals surface area contributed by atoms with Gasteiger partial charge in [-0.05, 0) is 49.7 Å². The van der Waals surface area contributed by atoms with Crippen LogP contribution in [0.2, 0.25) is 0 Å². The van der Waals surface area contributed by atoms with Crippen LogP contribution in [0.25, 0.3) is 22.2 Å². The summed E-state index contributed by atoms with van der Waals surface area (Å²) in [5.74, 6) is 0.736. The molecule has 3 aromatic rings. The number of benzene rings is 2. The zero-order valence-corrected chi connectivity index (χ0v) is 15.5. The number of amides is 1. The Bertz CT molecular complexity index is 904. The summed E-state index contributed by atoms with van der Waals surface area (Å²) in [5, 5.41) is 3.97. The van der Waals surface area contributed by atoms with E-state index in [-0.39, 0.29) is 11.9 Å². The monoisotopic (exact) mass is 348 g/mol. The van der Waals surface area contributed by atoms with Crippen molar-refractivity contribution in [2.45, 2.75) is 32.7 Å². The van der Waals surface area contributed by atoms with E-state index in [2.05, 4.69) is 12.2 Å². The third-order valence-corrected chi connectivity index (χ3v) is 4.45. The summed E-state index contributed by atoms with van der Waals surface area (Å²) in [4.78, 5) is 17.6. The Morgan fingerprint density at radius 3 is 2.58 bits per heavy atom. The highest BCUT2D eigenvalue weighted by Gasteiger charge is 2.15. The summed E-state index contributed by atoms with van der Waals surface area (Å²) < 4.78 is 5.22. The lowest BCUT2D eigenvalue weighted by Gasteiger charge is -2.15. The van der Waals surface area contributed by atoms with Crippen LogP contribution in [0.5, 0.6) is 5.75 Å². The minimum Gasteiger partial charge on any atom is -0.497 e. The van der Waals surface area contributed by atoms with Crippen LogP contribution in [0.3, 0.4) is 0 Å². The molecule has 1 aromatic heterocycles. The Morgan fingerprint density at radius 2 is 1.88 bits per heavy atom. The molecule has 0 aliphatic heterocycles. The molecular formula is C22H24N2O2. The number of nitrogens with one attached hydrogen (secondary N) is 1. The van der Waals surface area contributed by atoms with Crippen molar-refractivity contribution in [1.82, 2.24) is 10.3 Å². The van der Waals surface area contributed by atoms with Crippen molar-refractivity contribution in [2.75, 3.05) is 7.11 Å². The number of carbonyl (C=O) groups excluding carboxylic acids is 1. The molecule has 0 aliphatic rings. The van der Waals surface area contributed by atoms with E-state index in [1.165, 1.54) is 0 Å². The van der Waals surface area contributed by atoms with Crippen molar-refractivity contribution < 1.29 is 9.53 Å². The third-order valence-electron chi connectivity index (χ3n) is 4.45. The number of rotatable bonds is 6. The van der Waals surface area contributed by atoms with Gasteiger partial charge < -0.3 is 10.1 Å². The van der Waals surface area contributed by atoms with Gasteiger partial charge in [0.1, 0.15) is 5.75 Å². The molecule has 1 N–H and O–H groups in total. The first-order valence-electron chi connectivity index (χ1n) is 8.97. The van der Waals surface area contributed by atoms with E-state index in [0.29, 0.717) is 5.56 Å². The fourth-order valence-electron chi connectivity index (χ4n) is 3.08. The number of carbonyl (C=O) groups is 1. The lowest BCUT2D eigenvalue weighted by molar-refractivity contribution is 0.0940. The van der Waals surface area contributed by atoms with Crippen LogP contribution in [0.1, 0.15) is 37.0 Å². The van der Waals surface area contributed by atoms with Gasteiger partial charge in [0.25, 0.3) is 5.91 Å². The fourth-order valence-corrected chi connectivity index (χ4v) is 3.08. The first-order valence-corrected chi connectivity index (χ1v) is 8.97. The second-order valence-corrected chi connectivity index (χ2v) is 6.46. The van der Waals surface area contributed by atoms with E-state index in [1.54, 1.807) is 7.11 Å². The van der Waals surface area contributed by atoms with Gasteiger partial charge in [-0.3, -0.25) is 4.79 Å². The number of para-hydroxylation sites is 1. The maximum atomic E-state index is 12.9. The van der Waals surface area contributed by atoms with Crippen molar-refractivity contribution in [3.05, 3.63) is 60.2 Å². The molecule has 2 aromatic carbocycles. The molecule has 1 atom stereocenters. The Hall–Kier alpha value is -2.88. The standard InChI is InChI=1S/C22H24N2O2/c1-4-7-15(2)23-22(25)19-14-21(16-10-12-17(26-3)13-11-16)24-20-9-6-5-8-18(19)20/h5-6,8-15H,4,7H2,1-3H3,(H,23,25). The maximum Gasteiger partial charge on any atom is 0.252 e. The van der Waals surface area contributed by atoms with E-state index in [9.17, 15) is 4.79 Å². The van der Waals surface area contributed by atoms with Gasteiger partial charge in [-0.2, -0.15) is 0 Å². The number of hydrogen-bond donors (Lipinski definition) is 1. The number of nitrogens with zero attached hydrogens (tertiary/aromatic N) is 1. The summed E-state index contributed by atoms with van der Waals surface area (Å²) in [7, 11) is 1.64. The first kappa shape index (κ1) is 17.9. The number of ether oxygens (including phenoxy) is 1. The number of methoxy groups -OCH3 is 1. The van der Waals surface area contributed by atoms with Crippen LogP contribution in [-0.2, 0) is 0 Å². The normalized spacial score (nSPS) is 12.0. The van der Waals surface area contributed by atoms with Gasteiger partial charge in [-0.1, -0.05) is 31.5 Å². The highest BCUT2D eigenvalue weighted by Crippen LogP contribution is 2.26. The molecule has 1 amide bonds. The molecule has 26 heavy (non-hydrogen) atoms. The van der Waals surface area contributed by atoms with Gasteiger partial charge in [0.15, 0.2) is 0 Å². The van der Waals surface area contributed by atoms with Crippen LogP contribution in [-0.4, -0.2) is 24.0 Å². The zero-order chi connectivity index (χ0) is 18.5. The minimum absolute atomic E-state index is 0.0562. The largest absolute Gasteiger partial charge is 0.497 e. The van der Waals surface area contributed by atoms with E-state index in [4.69, 9.17) is 9.72 Å². The lowest BCUT2D eigenvalue weighted by Crippen LogP contribution is -2.32. The van der Waals surface area contributed by atoms with Crippen molar-refractivity contribution in [3.63, 3.8) is 0 Å². The van der Waals surface area contributed by atoms with Crippen molar-refractivity contribution in [2.24, 2.45) is 0 Å². The molecule has 0 bridgehead atoms. The summed E-state index contributed by atoms with van der Waals surface area (Å²) in [6.07, 6.45) is 2.00. The molecule has 0 spiro atoms. The quantitative estimate of drug-likeness (QED) is 0.694. The topological polar surface area (TPSA) is 51.2 Å². The molecule has 0 saturated carbocycles. The third kappa shape index (κ3) is 3.85. The lowest BCUT2D eigenvalue weighted by atomic mass is 10.0. The number of hydrogen-bond acceptors (Lipinski definition) is 3. The number of fused-ring (bicyclic) bond motifs is 1. The molecule has 0 saturated heterocycles. The molecule has 0 aliphatic carbocycles. The van der Waals surface area contributed by atoms with Crippen molar-refractivity contribution in [1.29, 1.82) is 0 Å². The molecule has 1 unspecified atom stereocenters. The number of aromatic nitrogens is 1. The van der Waals surface area contributed by atoms with E-state index in [0.717, 1.165) is 40.8 Å². The second kappa shape index (κ2) is 8.00. The molecule has 4 heteroatoms. The fraction of sp³-hybridized carbons (Fsp3) is 0.273. The molecule has 0 radical (unpaired) electrons. The molecule has 0 fully saturated rings. The Morgan fingerprint density at radius 1 is 1.15 bits per heavy atom. The van der Waals surface area contributed by atoms with E-state index >= 15 is 0 Å². The second-order valence-electron chi connectivity index (χ2n) is 6.46. The zero-order valence-electron chi connectivity index (χ0n) is 15.5. The average Bonchev–Trinajstić information content (AvgIpc) is 2.67. The van der Waals surface area contributed by atoms with Crippen molar-refractivity contribution in [3.8, 4) is 17.0 Å². The predicted octanol–water partition coefficient (Wildman–Crippen LogP) is 4.83. The SMILES string of the molecule is CCCC(C)NC(=O)c1cc(-c2ccc(OC)cc2)nc2ccccc12. The first-order chi connectivity index (χ1) is 12.6. The van der Waals surface area contributed by atoms with E-state index in [1.807, 2.05) is 61.5 Å². The van der Waals surface area contributed by atoms with Crippen LogP contribution in [0.15, 0.2) is 54.6 Å². The van der Waals surface area contributed by atoms with Gasteiger partial charge in [-0.15, -0.1) is 0 Å². The van der Waals surface area contributed by atoms with Crippen LogP contribution in [0.4, 0.5) is 0 Å². The van der Waals surface area contributed by atoms with Gasteiger partial charge >= 0.3 is 0 Å². The van der Waals surface area contributed by atoms with Crippen LogP contribution in [0, 0.1) is 0 Å². The number of pyridine rings is 1. The summed E-state index contributed by atoms with van der Waals surface area (Å²) >= 11 is 0. The van der Waals surface area contributed by atoms with E-state index < -0.39 is 0 Å². The minimum atomic E-state index is -0.0562. The highest BCUT2D eigenvalue weighted by atomic mass is 16.5. The van der Waals surface area contributed by atoms with Crippen molar-refractivity contribution >= 4 is 16.8 Å². The van der Waals surface area contributed by atoms with Crippen LogP contribution < -0.4 is 10.1 Å².